The van der Waals surface area contributed by atoms with E-state index < -0.39 is 5.60 Å². The maximum atomic E-state index is 13.1. The molecular weight excluding hydrogens is 408 g/mol. The molecule has 1 aromatic rings. The van der Waals surface area contributed by atoms with Gasteiger partial charge >= 0.3 is 0 Å². The number of nitrogens with zero attached hydrogens (tertiary/aromatic N) is 1. The zero-order valence-electron chi connectivity index (χ0n) is 18.5. The third-order valence-corrected chi connectivity index (χ3v) is 7.52. The molecule has 0 spiro atoms. The topological polar surface area (TPSA) is 52.6 Å². The van der Waals surface area contributed by atoms with Crippen molar-refractivity contribution in [3.05, 3.63) is 35.9 Å². The quantitative estimate of drug-likeness (QED) is 0.671. The Balaban J connectivity index is 0.00000272. The smallest absolute Gasteiger partial charge is 0.257 e. The molecule has 4 fully saturated rings. The molecule has 4 nitrogen and oxygen atoms in total. The number of hydrogen-bond acceptors (Lipinski definition) is 3. The molecule has 0 radical (unpaired) electrons. The van der Waals surface area contributed by atoms with Crippen molar-refractivity contribution in [3.8, 4) is 11.8 Å². The van der Waals surface area contributed by atoms with Gasteiger partial charge in [0.05, 0.1) is 13.1 Å². The van der Waals surface area contributed by atoms with Gasteiger partial charge in [-0.25, -0.2) is 0 Å². The molecule has 5 rings (SSSR count). The van der Waals surface area contributed by atoms with E-state index in [0.717, 1.165) is 44.1 Å². The van der Waals surface area contributed by atoms with E-state index in [-0.39, 0.29) is 24.2 Å². The lowest BCUT2D eigenvalue weighted by molar-refractivity contribution is -0.149. The van der Waals surface area contributed by atoms with Gasteiger partial charge in [0.2, 0.25) is 0 Å². The largest absolute Gasteiger partial charge is 0.375 e. The number of benzene rings is 1. The fourth-order valence-electron chi connectivity index (χ4n) is 5.78. The van der Waals surface area contributed by atoms with E-state index in [0.29, 0.717) is 12.1 Å². The van der Waals surface area contributed by atoms with Gasteiger partial charge in [0, 0.05) is 19.0 Å². The minimum absolute atomic E-state index is 0. The van der Waals surface area contributed by atoms with Crippen molar-refractivity contribution in [3.63, 3.8) is 0 Å². The summed E-state index contributed by atoms with van der Waals surface area (Å²) in [4.78, 5) is 15.6. The molecule has 1 amide bonds. The first kappa shape index (κ1) is 24.1. The molecule has 2 aliphatic heterocycles. The van der Waals surface area contributed by atoms with Gasteiger partial charge in [-0.1, -0.05) is 61.4 Å². The summed E-state index contributed by atoms with van der Waals surface area (Å²) in [5.41, 5.74) is -0.768. The van der Waals surface area contributed by atoms with Crippen LogP contribution in [0, 0.1) is 29.6 Å². The SMILES string of the molecule is Cl.O=C(NCC#CCN1CC2CCC(CC2)C1)C(O)(c1ccccc1)C1CCCCC1. The van der Waals surface area contributed by atoms with E-state index in [1.54, 1.807) is 0 Å². The molecule has 31 heavy (non-hydrogen) atoms. The summed E-state index contributed by atoms with van der Waals surface area (Å²) in [5, 5.41) is 14.5. The highest BCUT2D eigenvalue weighted by atomic mass is 35.5. The molecule has 2 heterocycles. The van der Waals surface area contributed by atoms with Gasteiger partial charge in [0.25, 0.3) is 5.91 Å². The van der Waals surface area contributed by atoms with Crippen LogP contribution in [-0.4, -0.2) is 42.1 Å². The molecule has 2 saturated carbocycles. The molecule has 170 valence electrons. The summed E-state index contributed by atoms with van der Waals surface area (Å²) in [6.45, 7) is 3.43. The minimum atomic E-state index is -1.46. The van der Waals surface area contributed by atoms with Crippen LogP contribution >= 0.6 is 12.4 Å². The van der Waals surface area contributed by atoms with E-state index in [2.05, 4.69) is 22.1 Å². The highest BCUT2D eigenvalue weighted by molar-refractivity contribution is 5.87. The summed E-state index contributed by atoms with van der Waals surface area (Å²) in [5.74, 6) is 7.74. The Bertz CT molecular complexity index is 747. The van der Waals surface area contributed by atoms with Crippen LogP contribution in [0.25, 0.3) is 0 Å². The van der Waals surface area contributed by atoms with Crippen molar-refractivity contribution >= 4 is 18.3 Å². The second kappa shape index (κ2) is 11.4. The van der Waals surface area contributed by atoms with Gasteiger partial charge in [0.1, 0.15) is 0 Å². The van der Waals surface area contributed by atoms with Crippen LogP contribution < -0.4 is 5.32 Å². The Kier molecular flexibility index (Phi) is 8.84. The molecule has 1 atom stereocenters. The summed E-state index contributed by atoms with van der Waals surface area (Å²) in [6.07, 6.45) is 10.6. The molecule has 0 aromatic heterocycles. The average Bonchev–Trinajstić information content (AvgIpc) is 3.12. The van der Waals surface area contributed by atoms with Crippen molar-refractivity contribution < 1.29 is 9.90 Å². The van der Waals surface area contributed by atoms with Crippen molar-refractivity contribution in [2.24, 2.45) is 17.8 Å². The monoisotopic (exact) mass is 444 g/mol. The number of rotatable bonds is 5. The molecule has 1 aromatic carbocycles. The number of nitrogens with one attached hydrogen (secondary N) is 1. The second-order valence-electron chi connectivity index (χ2n) is 9.58. The number of hydrogen-bond donors (Lipinski definition) is 2. The molecule has 5 heteroatoms. The lowest BCUT2D eigenvalue weighted by Crippen LogP contribution is -2.50. The predicted molar refractivity (Wildman–Crippen MR) is 127 cm³/mol. The van der Waals surface area contributed by atoms with E-state index in [9.17, 15) is 9.90 Å². The highest BCUT2D eigenvalue weighted by Gasteiger charge is 2.45. The standard InChI is InChI=1S/C26H36N2O2.ClH/c29-25(26(30,23-9-3-1-4-10-23)24-11-5-2-6-12-24)27-17-7-8-18-28-19-21-13-14-22(20-28)16-15-21;/h1,3-4,9-10,21-22,24,30H,2,5-6,11-20H2,(H,27,29);1H. The Labute approximate surface area is 193 Å². The number of carbonyl (C=O) groups is 1. The first-order valence-corrected chi connectivity index (χ1v) is 11.9. The fourth-order valence-corrected chi connectivity index (χ4v) is 5.78. The molecule has 2 bridgehead atoms. The van der Waals surface area contributed by atoms with Crippen molar-refractivity contribution in [2.75, 3.05) is 26.2 Å². The lowest BCUT2D eigenvalue weighted by atomic mass is 9.73. The summed E-state index contributed by atoms with van der Waals surface area (Å²) in [7, 11) is 0. The Morgan fingerprint density at radius 2 is 1.58 bits per heavy atom. The van der Waals surface area contributed by atoms with Crippen LogP contribution in [0.15, 0.2) is 30.3 Å². The van der Waals surface area contributed by atoms with E-state index in [4.69, 9.17) is 0 Å². The first-order chi connectivity index (χ1) is 14.7. The molecule has 2 aliphatic carbocycles. The van der Waals surface area contributed by atoms with Crippen LogP contribution in [0.1, 0.15) is 63.4 Å². The number of aliphatic hydroxyl groups is 1. The lowest BCUT2D eigenvalue weighted by Gasteiger charge is -2.37. The van der Waals surface area contributed by atoms with Crippen molar-refractivity contribution in [1.29, 1.82) is 0 Å². The number of fused-ring (bicyclic) bond motifs is 4. The van der Waals surface area contributed by atoms with Gasteiger partial charge < -0.3 is 10.4 Å². The maximum Gasteiger partial charge on any atom is 0.257 e. The van der Waals surface area contributed by atoms with Gasteiger partial charge in [0.15, 0.2) is 5.60 Å². The maximum absolute atomic E-state index is 13.1. The summed E-state index contributed by atoms with van der Waals surface area (Å²) in [6, 6.07) is 9.44. The van der Waals surface area contributed by atoms with Crippen LogP contribution in [0.3, 0.4) is 0 Å². The number of carbonyl (C=O) groups excluding carboxylic acids is 1. The van der Waals surface area contributed by atoms with Gasteiger partial charge in [-0.3, -0.25) is 9.69 Å². The Morgan fingerprint density at radius 1 is 0.968 bits per heavy atom. The predicted octanol–water partition coefficient (Wildman–Crippen LogP) is 4.12. The van der Waals surface area contributed by atoms with Gasteiger partial charge in [-0.2, -0.15) is 0 Å². The van der Waals surface area contributed by atoms with Crippen LogP contribution in [0.4, 0.5) is 0 Å². The van der Waals surface area contributed by atoms with Crippen molar-refractivity contribution in [2.45, 2.75) is 63.4 Å². The Morgan fingerprint density at radius 3 is 2.19 bits per heavy atom. The zero-order valence-corrected chi connectivity index (χ0v) is 19.3. The molecule has 2 saturated heterocycles. The van der Waals surface area contributed by atoms with E-state index in [1.165, 1.54) is 45.2 Å². The van der Waals surface area contributed by atoms with Crippen LogP contribution in [0.2, 0.25) is 0 Å². The van der Waals surface area contributed by atoms with E-state index in [1.807, 2.05) is 30.3 Å². The Hall–Kier alpha value is -1.54. The molecule has 1 unspecified atom stereocenters. The minimum Gasteiger partial charge on any atom is -0.375 e. The molecular formula is C26H37ClN2O2. The van der Waals surface area contributed by atoms with Crippen LogP contribution in [0.5, 0.6) is 0 Å². The highest BCUT2D eigenvalue weighted by Crippen LogP contribution is 2.39. The third kappa shape index (κ3) is 5.83. The number of amides is 1. The van der Waals surface area contributed by atoms with Gasteiger partial charge in [-0.15, -0.1) is 12.4 Å². The van der Waals surface area contributed by atoms with E-state index >= 15 is 0 Å². The first-order valence-electron chi connectivity index (χ1n) is 11.9. The number of halogens is 1. The molecule has 2 N–H and O–H groups in total. The normalized spacial score (nSPS) is 26.0. The third-order valence-electron chi connectivity index (χ3n) is 7.52. The van der Waals surface area contributed by atoms with Gasteiger partial charge in [-0.05, 0) is 55.9 Å². The van der Waals surface area contributed by atoms with Crippen LogP contribution in [-0.2, 0) is 10.4 Å². The fraction of sp³-hybridized carbons (Fsp3) is 0.654. The van der Waals surface area contributed by atoms with Crippen molar-refractivity contribution in [1.82, 2.24) is 10.2 Å². The summed E-state index contributed by atoms with van der Waals surface area (Å²) < 4.78 is 0. The summed E-state index contributed by atoms with van der Waals surface area (Å²) >= 11 is 0. The average molecular weight is 445 g/mol. The second-order valence-corrected chi connectivity index (χ2v) is 9.58. The zero-order chi connectivity index (χ0) is 20.8. The molecule has 4 aliphatic rings.